The average molecular weight is 175 g/mol. The second-order valence-corrected chi connectivity index (χ2v) is 3.23. The van der Waals surface area contributed by atoms with E-state index in [4.69, 9.17) is 0 Å². The van der Waals surface area contributed by atoms with Gasteiger partial charge in [0.2, 0.25) is 6.08 Å². The molecular formula is C11H13NO. The molecule has 0 aromatic heterocycles. The molecule has 0 aliphatic rings. The molecule has 1 rings (SSSR count). The van der Waals surface area contributed by atoms with Crippen molar-refractivity contribution in [1.29, 1.82) is 0 Å². The Bertz CT molecular complexity index is 288. The van der Waals surface area contributed by atoms with Crippen molar-refractivity contribution in [3.63, 3.8) is 0 Å². The molecule has 1 aromatic carbocycles. The SMILES string of the molecule is CC(CN=C=O)Cc1ccccc1. The van der Waals surface area contributed by atoms with E-state index >= 15 is 0 Å². The summed E-state index contributed by atoms with van der Waals surface area (Å²) in [5.41, 5.74) is 1.29. The minimum atomic E-state index is 0.406. The van der Waals surface area contributed by atoms with Gasteiger partial charge < -0.3 is 0 Å². The van der Waals surface area contributed by atoms with Crippen LogP contribution in [-0.2, 0) is 11.2 Å². The van der Waals surface area contributed by atoms with Crippen molar-refractivity contribution in [2.75, 3.05) is 6.54 Å². The summed E-state index contributed by atoms with van der Waals surface area (Å²) in [6.45, 7) is 2.65. The molecule has 2 heteroatoms. The van der Waals surface area contributed by atoms with Crippen LogP contribution in [0, 0.1) is 5.92 Å². The highest BCUT2D eigenvalue weighted by Crippen LogP contribution is 2.07. The van der Waals surface area contributed by atoms with Crippen molar-refractivity contribution >= 4 is 6.08 Å². The van der Waals surface area contributed by atoms with Gasteiger partial charge in [0.1, 0.15) is 0 Å². The van der Waals surface area contributed by atoms with Crippen LogP contribution in [0.25, 0.3) is 0 Å². The summed E-state index contributed by atoms with van der Waals surface area (Å²) >= 11 is 0. The van der Waals surface area contributed by atoms with Crippen LogP contribution < -0.4 is 0 Å². The number of isocyanates is 1. The lowest BCUT2D eigenvalue weighted by atomic mass is 10.0. The lowest BCUT2D eigenvalue weighted by Gasteiger charge is -2.06. The van der Waals surface area contributed by atoms with E-state index in [0.29, 0.717) is 12.5 Å². The van der Waals surface area contributed by atoms with E-state index in [2.05, 4.69) is 24.0 Å². The van der Waals surface area contributed by atoms with Crippen LogP contribution in [0.2, 0.25) is 0 Å². The molecule has 13 heavy (non-hydrogen) atoms. The summed E-state index contributed by atoms with van der Waals surface area (Å²) in [5.74, 6) is 0.406. The summed E-state index contributed by atoms with van der Waals surface area (Å²) in [6.07, 6.45) is 2.52. The average Bonchev–Trinajstić information content (AvgIpc) is 2.16. The van der Waals surface area contributed by atoms with Gasteiger partial charge in [0.15, 0.2) is 0 Å². The third kappa shape index (κ3) is 3.68. The molecule has 0 saturated heterocycles. The number of hydrogen-bond donors (Lipinski definition) is 0. The Morgan fingerprint density at radius 2 is 2.08 bits per heavy atom. The van der Waals surface area contributed by atoms with Crippen LogP contribution in [0.15, 0.2) is 35.3 Å². The minimum Gasteiger partial charge on any atom is -0.211 e. The molecule has 0 amide bonds. The quantitative estimate of drug-likeness (QED) is 0.509. The summed E-state index contributed by atoms with van der Waals surface area (Å²) in [7, 11) is 0. The van der Waals surface area contributed by atoms with Gasteiger partial charge in [-0.3, -0.25) is 0 Å². The van der Waals surface area contributed by atoms with E-state index in [-0.39, 0.29) is 0 Å². The third-order valence-electron chi connectivity index (χ3n) is 1.89. The molecular weight excluding hydrogens is 162 g/mol. The van der Waals surface area contributed by atoms with E-state index in [0.717, 1.165) is 6.42 Å². The minimum absolute atomic E-state index is 0.406. The van der Waals surface area contributed by atoms with E-state index in [1.54, 1.807) is 6.08 Å². The Labute approximate surface area is 78.3 Å². The zero-order valence-electron chi connectivity index (χ0n) is 7.73. The predicted octanol–water partition coefficient (Wildman–Crippen LogP) is 2.20. The van der Waals surface area contributed by atoms with E-state index in [1.807, 2.05) is 18.2 Å². The van der Waals surface area contributed by atoms with Crippen LogP contribution in [-0.4, -0.2) is 12.6 Å². The first-order chi connectivity index (χ1) is 6.33. The third-order valence-corrected chi connectivity index (χ3v) is 1.89. The first-order valence-corrected chi connectivity index (χ1v) is 4.40. The van der Waals surface area contributed by atoms with Gasteiger partial charge >= 0.3 is 0 Å². The number of rotatable bonds is 4. The number of carbonyl (C=O) groups excluding carboxylic acids is 1. The predicted molar refractivity (Wildman–Crippen MR) is 52.3 cm³/mol. The molecule has 0 aliphatic carbocycles. The molecule has 0 radical (unpaired) electrons. The van der Waals surface area contributed by atoms with Gasteiger partial charge in [-0.2, -0.15) is 0 Å². The Morgan fingerprint density at radius 1 is 1.38 bits per heavy atom. The van der Waals surface area contributed by atoms with Crippen LogP contribution in [0.1, 0.15) is 12.5 Å². The highest BCUT2D eigenvalue weighted by atomic mass is 16.1. The van der Waals surface area contributed by atoms with E-state index in [9.17, 15) is 4.79 Å². The van der Waals surface area contributed by atoms with Gasteiger partial charge in [-0.05, 0) is 17.9 Å². The fraction of sp³-hybridized carbons (Fsp3) is 0.364. The smallest absolute Gasteiger partial charge is 0.211 e. The van der Waals surface area contributed by atoms with Crippen molar-refractivity contribution < 1.29 is 4.79 Å². The van der Waals surface area contributed by atoms with Crippen LogP contribution >= 0.6 is 0 Å². The van der Waals surface area contributed by atoms with Gasteiger partial charge in [0.25, 0.3) is 0 Å². The van der Waals surface area contributed by atoms with Gasteiger partial charge in [0.05, 0.1) is 6.54 Å². The second kappa shape index (κ2) is 5.28. The first-order valence-electron chi connectivity index (χ1n) is 4.40. The molecule has 0 bridgehead atoms. The summed E-state index contributed by atoms with van der Waals surface area (Å²) in [6, 6.07) is 10.2. The van der Waals surface area contributed by atoms with Crippen molar-refractivity contribution in [2.24, 2.45) is 10.9 Å². The largest absolute Gasteiger partial charge is 0.234 e. The van der Waals surface area contributed by atoms with Crippen LogP contribution in [0.4, 0.5) is 0 Å². The van der Waals surface area contributed by atoms with Crippen molar-refractivity contribution in [2.45, 2.75) is 13.3 Å². The Kier molecular flexibility index (Phi) is 3.94. The standard InChI is InChI=1S/C11H13NO/c1-10(8-12-9-13)7-11-5-3-2-4-6-11/h2-6,10H,7-8H2,1H3. The normalized spacial score (nSPS) is 11.8. The highest BCUT2D eigenvalue weighted by molar-refractivity contribution is 5.32. The first kappa shape index (κ1) is 9.69. The molecule has 0 N–H and O–H groups in total. The Morgan fingerprint density at radius 3 is 2.69 bits per heavy atom. The van der Waals surface area contributed by atoms with Gasteiger partial charge in [-0.25, -0.2) is 9.79 Å². The molecule has 0 heterocycles. The van der Waals surface area contributed by atoms with Crippen LogP contribution in [0.3, 0.4) is 0 Å². The van der Waals surface area contributed by atoms with E-state index in [1.165, 1.54) is 5.56 Å². The Hall–Kier alpha value is -1.40. The lowest BCUT2D eigenvalue weighted by Crippen LogP contribution is -2.03. The van der Waals surface area contributed by atoms with E-state index < -0.39 is 0 Å². The van der Waals surface area contributed by atoms with Crippen LogP contribution in [0.5, 0.6) is 0 Å². The number of nitrogens with zero attached hydrogens (tertiary/aromatic N) is 1. The fourth-order valence-corrected chi connectivity index (χ4v) is 1.27. The maximum atomic E-state index is 9.87. The topological polar surface area (TPSA) is 29.4 Å². The maximum absolute atomic E-state index is 9.87. The summed E-state index contributed by atoms with van der Waals surface area (Å²) < 4.78 is 0. The molecule has 1 aromatic rings. The van der Waals surface area contributed by atoms with Crippen molar-refractivity contribution in [3.8, 4) is 0 Å². The molecule has 0 aliphatic heterocycles. The fourth-order valence-electron chi connectivity index (χ4n) is 1.27. The number of hydrogen-bond acceptors (Lipinski definition) is 2. The molecule has 0 saturated carbocycles. The molecule has 0 spiro atoms. The molecule has 0 fully saturated rings. The molecule has 68 valence electrons. The zero-order chi connectivity index (χ0) is 9.52. The van der Waals surface area contributed by atoms with Crippen molar-refractivity contribution in [3.05, 3.63) is 35.9 Å². The van der Waals surface area contributed by atoms with Gasteiger partial charge in [-0.1, -0.05) is 37.3 Å². The molecule has 2 nitrogen and oxygen atoms in total. The van der Waals surface area contributed by atoms with Crippen molar-refractivity contribution in [1.82, 2.24) is 0 Å². The van der Waals surface area contributed by atoms with Gasteiger partial charge in [-0.15, -0.1) is 0 Å². The number of aliphatic imine (C=N–C) groups is 1. The zero-order valence-corrected chi connectivity index (χ0v) is 7.73. The van der Waals surface area contributed by atoms with Gasteiger partial charge in [0, 0.05) is 0 Å². The Balaban J connectivity index is 2.45. The second-order valence-electron chi connectivity index (χ2n) is 3.23. The monoisotopic (exact) mass is 175 g/mol. The highest BCUT2D eigenvalue weighted by Gasteiger charge is 2.01. The summed E-state index contributed by atoms with van der Waals surface area (Å²) in [4.78, 5) is 13.4. The molecule has 1 atom stereocenters. The summed E-state index contributed by atoms with van der Waals surface area (Å²) in [5, 5.41) is 0. The molecule has 1 unspecified atom stereocenters. The number of benzene rings is 1. The lowest BCUT2D eigenvalue weighted by molar-refractivity contribution is 0.550. The maximum Gasteiger partial charge on any atom is 0.234 e.